The molecule has 0 heterocycles. The van der Waals surface area contributed by atoms with Crippen molar-refractivity contribution in [3.63, 3.8) is 0 Å². The predicted octanol–water partition coefficient (Wildman–Crippen LogP) is 3.06. The number of hydrogen-bond acceptors (Lipinski definition) is 1. The first kappa shape index (κ1) is 11.4. The summed E-state index contributed by atoms with van der Waals surface area (Å²) in [6.45, 7) is 5.44. The Labute approximate surface area is 75.8 Å². The Morgan fingerprint density at radius 1 is 1.33 bits per heavy atom. The lowest BCUT2D eigenvalue weighted by Gasteiger charge is -2.01. The van der Waals surface area contributed by atoms with Gasteiger partial charge in [-0.2, -0.15) is 0 Å². The zero-order chi connectivity index (χ0) is 9.23. The molecule has 0 aromatic rings. The van der Waals surface area contributed by atoms with Crippen molar-refractivity contribution in [2.75, 3.05) is 0 Å². The van der Waals surface area contributed by atoms with Gasteiger partial charge in [0.15, 0.2) is 0 Å². The minimum atomic E-state index is -0.131. The molecule has 1 unspecified atom stereocenters. The normalized spacial score (nSPS) is 13.5. The molecule has 0 aliphatic rings. The van der Waals surface area contributed by atoms with Crippen LogP contribution in [0.3, 0.4) is 0 Å². The van der Waals surface area contributed by atoms with Crippen LogP contribution in [0.1, 0.15) is 39.0 Å². The Morgan fingerprint density at radius 2 is 2.08 bits per heavy atom. The second-order valence-corrected chi connectivity index (χ2v) is 3.15. The van der Waals surface area contributed by atoms with Crippen LogP contribution in [-0.4, -0.2) is 11.2 Å². The average molecular weight is 168 g/mol. The highest BCUT2D eigenvalue weighted by Gasteiger charge is 1.93. The van der Waals surface area contributed by atoms with E-state index in [0.717, 1.165) is 19.3 Å². The van der Waals surface area contributed by atoms with Crippen LogP contribution in [0.5, 0.6) is 0 Å². The first-order valence-electron chi connectivity index (χ1n) is 4.73. The highest BCUT2D eigenvalue weighted by Crippen LogP contribution is 2.05. The maximum Gasteiger partial charge on any atom is 0.0512 e. The summed E-state index contributed by atoms with van der Waals surface area (Å²) < 4.78 is 0. The van der Waals surface area contributed by atoms with Crippen LogP contribution in [0.4, 0.5) is 0 Å². The van der Waals surface area contributed by atoms with Crippen LogP contribution in [0, 0.1) is 0 Å². The van der Waals surface area contributed by atoms with Crippen molar-refractivity contribution in [1.29, 1.82) is 0 Å². The second-order valence-electron chi connectivity index (χ2n) is 3.15. The van der Waals surface area contributed by atoms with Gasteiger partial charge in [-0.3, -0.25) is 0 Å². The molecule has 0 aliphatic carbocycles. The SMILES string of the molecule is C=C/C=C/CCCCCC(C)O. The van der Waals surface area contributed by atoms with E-state index in [2.05, 4.69) is 12.7 Å². The standard InChI is InChI=1S/C11H20O/c1-3-4-5-6-7-8-9-10-11(2)12/h3-5,11-12H,1,6-10H2,2H3/b5-4+. The molecule has 0 spiro atoms. The van der Waals surface area contributed by atoms with Crippen LogP contribution in [0.15, 0.2) is 24.8 Å². The summed E-state index contributed by atoms with van der Waals surface area (Å²) >= 11 is 0. The van der Waals surface area contributed by atoms with Gasteiger partial charge in [0, 0.05) is 0 Å². The molecule has 1 heteroatoms. The van der Waals surface area contributed by atoms with Gasteiger partial charge in [-0.25, -0.2) is 0 Å². The molecule has 1 nitrogen and oxygen atoms in total. The van der Waals surface area contributed by atoms with Gasteiger partial charge < -0.3 is 5.11 Å². The zero-order valence-electron chi connectivity index (χ0n) is 8.00. The summed E-state index contributed by atoms with van der Waals surface area (Å²) in [5.41, 5.74) is 0. The van der Waals surface area contributed by atoms with Gasteiger partial charge in [0.1, 0.15) is 0 Å². The molecule has 0 aromatic carbocycles. The van der Waals surface area contributed by atoms with Gasteiger partial charge in [0.25, 0.3) is 0 Å². The Bertz CT molecular complexity index is 125. The molecule has 0 aromatic heterocycles. The maximum absolute atomic E-state index is 8.97. The molecule has 0 radical (unpaired) electrons. The van der Waals surface area contributed by atoms with E-state index in [-0.39, 0.29) is 6.10 Å². The Balaban J connectivity index is 3.00. The van der Waals surface area contributed by atoms with Crippen molar-refractivity contribution in [1.82, 2.24) is 0 Å². The van der Waals surface area contributed by atoms with E-state index in [0.29, 0.717) is 0 Å². The Morgan fingerprint density at radius 3 is 2.67 bits per heavy atom. The van der Waals surface area contributed by atoms with Crippen LogP contribution in [0.2, 0.25) is 0 Å². The Hall–Kier alpha value is -0.560. The molecular formula is C11H20O. The van der Waals surface area contributed by atoms with E-state index in [1.54, 1.807) is 6.08 Å². The molecule has 0 rings (SSSR count). The lowest BCUT2D eigenvalue weighted by atomic mass is 10.1. The third-order valence-electron chi connectivity index (χ3n) is 1.76. The highest BCUT2D eigenvalue weighted by molar-refractivity contribution is 4.96. The van der Waals surface area contributed by atoms with Crippen molar-refractivity contribution in [2.45, 2.75) is 45.1 Å². The van der Waals surface area contributed by atoms with E-state index in [4.69, 9.17) is 5.11 Å². The van der Waals surface area contributed by atoms with Crippen molar-refractivity contribution in [3.05, 3.63) is 24.8 Å². The third kappa shape index (κ3) is 9.44. The molecule has 1 N–H and O–H groups in total. The van der Waals surface area contributed by atoms with Crippen LogP contribution in [0.25, 0.3) is 0 Å². The largest absolute Gasteiger partial charge is 0.393 e. The summed E-state index contributed by atoms with van der Waals surface area (Å²) in [6.07, 6.45) is 11.4. The van der Waals surface area contributed by atoms with E-state index < -0.39 is 0 Å². The number of hydrogen-bond donors (Lipinski definition) is 1. The number of rotatable bonds is 7. The zero-order valence-corrected chi connectivity index (χ0v) is 8.00. The highest BCUT2D eigenvalue weighted by atomic mass is 16.3. The number of allylic oxidation sites excluding steroid dienone is 3. The van der Waals surface area contributed by atoms with Crippen molar-refractivity contribution < 1.29 is 5.11 Å². The second kappa shape index (κ2) is 8.54. The van der Waals surface area contributed by atoms with Gasteiger partial charge in [0.2, 0.25) is 0 Å². The fourth-order valence-electron chi connectivity index (χ4n) is 1.07. The van der Waals surface area contributed by atoms with Crippen molar-refractivity contribution >= 4 is 0 Å². The minimum absolute atomic E-state index is 0.131. The molecule has 0 saturated heterocycles. The lowest BCUT2D eigenvalue weighted by Crippen LogP contribution is -1.97. The quantitative estimate of drug-likeness (QED) is 0.457. The molecule has 0 bridgehead atoms. The molecule has 70 valence electrons. The minimum Gasteiger partial charge on any atom is -0.393 e. The van der Waals surface area contributed by atoms with Crippen molar-refractivity contribution in [2.24, 2.45) is 0 Å². The molecule has 0 aliphatic heterocycles. The van der Waals surface area contributed by atoms with E-state index in [1.165, 1.54) is 12.8 Å². The van der Waals surface area contributed by atoms with Crippen LogP contribution >= 0.6 is 0 Å². The van der Waals surface area contributed by atoms with E-state index in [1.807, 2.05) is 13.0 Å². The molecule has 1 atom stereocenters. The first-order valence-corrected chi connectivity index (χ1v) is 4.73. The topological polar surface area (TPSA) is 20.2 Å². The van der Waals surface area contributed by atoms with E-state index in [9.17, 15) is 0 Å². The maximum atomic E-state index is 8.97. The molecule has 0 saturated carbocycles. The fraction of sp³-hybridized carbons (Fsp3) is 0.636. The smallest absolute Gasteiger partial charge is 0.0512 e. The van der Waals surface area contributed by atoms with Gasteiger partial charge in [-0.1, -0.05) is 37.6 Å². The summed E-state index contributed by atoms with van der Waals surface area (Å²) in [7, 11) is 0. The summed E-state index contributed by atoms with van der Waals surface area (Å²) in [4.78, 5) is 0. The average Bonchev–Trinajstić information content (AvgIpc) is 2.02. The van der Waals surface area contributed by atoms with Gasteiger partial charge >= 0.3 is 0 Å². The fourth-order valence-corrected chi connectivity index (χ4v) is 1.07. The summed E-state index contributed by atoms with van der Waals surface area (Å²) in [6, 6.07) is 0. The van der Waals surface area contributed by atoms with Crippen LogP contribution in [-0.2, 0) is 0 Å². The van der Waals surface area contributed by atoms with Gasteiger partial charge in [-0.15, -0.1) is 0 Å². The number of unbranched alkanes of at least 4 members (excludes halogenated alkanes) is 3. The van der Waals surface area contributed by atoms with Gasteiger partial charge in [0.05, 0.1) is 6.10 Å². The Kier molecular flexibility index (Phi) is 8.14. The molecule has 0 fully saturated rings. The monoisotopic (exact) mass is 168 g/mol. The number of aliphatic hydroxyl groups is 1. The molecule has 0 amide bonds. The first-order chi connectivity index (χ1) is 5.77. The molecular weight excluding hydrogens is 148 g/mol. The van der Waals surface area contributed by atoms with Crippen LogP contribution < -0.4 is 0 Å². The summed E-state index contributed by atoms with van der Waals surface area (Å²) in [5.74, 6) is 0. The summed E-state index contributed by atoms with van der Waals surface area (Å²) in [5, 5.41) is 8.97. The van der Waals surface area contributed by atoms with E-state index >= 15 is 0 Å². The third-order valence-corrected chi connectivity index (χ3v) is 1.76. The lowest BCUT2D eigenvalue weighted by molar-refractivity contribution is 0.180. The molecule has 12 heavy (non-hydrogen) atoms. The van der Waals surface area contributed by atoms with Gasteiger partial charge in [-0.05, 0) is 26.2 Å². The van der Waals surface area contributed by atoms with Crippen molar-refractivity contribution in [3.8, 4) is 0 Å². The predicted molar refractivity (Wildman–Crippen MR) is 54.1 cm³/mol. The number of aliphatic hydroxyl groups excluding tert-OH is 1.